The van der Waals surface area contributed by atoms with Crippen molar-refractivity contribution in [3.8, 4) is 0 Å². The number of benzene rings is 1. The van der Waals surface area contributed by atoms with Crippen molar-refractivity contribution >= 4 is 40.2 Å². The maximum Gasteiger partial charge on any atom is 0.269 e. The zero-order valence-electron chi connectivity index (χ0n) is 18.0. The van der Waals surface area contributed by atoms with Crippen LogP contribution in [0.3, 0.4) is 0 Å². The standard InChI is InChI=1S/C21H24N8O3S/c30-29(31)16-3-1-15(2-4-16)13-33-20-18-17(23-14-24-20)19(27-9-11-32-12-10-27)26-21(25-18)28-7-5-22-6-8-28/h1-4,14,22H,5-13H2. The predicted octanol–water partition coefficient (Wildman–Crippen LogP) is 1.87. The molecule has 2 aliphatic heterocycles. The van der Waals surface area contributed by atoms with Crippen molar-refractivity contribution in [3.63, 3.8) is 0 Å². The smallest absolute Gasteiger partial charge is 0.269 e. The number of ether oxygens (including phenoxy) is 1. The minimum atomic E-state index is -0.392. The lowest BCUT2D eigenvalue weighted by molar-refractivity contribution is -0.384. The van der Waals surface area contributed by atoms with Gasteiger partial charge in [-0.05, 0) is 5.56 Å². The van der Waals surface area contributed by atoms with E-state index < -0.39 is 4.92 Å². The van der Waals surface area contributed by atoms with Gasteiger partial charge in [0.1, 0.15) is 22.4 Å². The first-order valence-corrected chi connectivity index (χ1v) is 11.8. The number of nitrogens with one attached hydrogen (secondary N) is 1. The van der Waals surface area contributed by atoms with Crippen molar-refractivity contribution in [1.82, 2.24) is 25.3 Å². The highest BCUT2D eigenvalue weighted by Crippen LogP contribution is 2.32. The number of fused-ring (bicyclic) bond motifs is 1. The number of hydrogen-bond donors (Lipinski definition) is 1. The Morgan fingerprint density at radius 1 is 1.00 bits per heavy atom. The first kappa shape index (κ1) is 21.7. The van der Waals surface area contributed by atoms with Gasteiger partial charge in [-0.3, -0.25) is 10.1 Å². The molecule has 12 heteroatoms. The normalized spacial score (nSPS) is 16.8. The lowest BCUT2D eigenvalue weighted by Gasteiger charge is -2.31. The molecule has 0 bridgehead atoms. The second-order valence-electron chi connectivity index (χ2n) is 7.77. The number of rotatable bonds is 6. The molecule has 0 aliphatic carbocycles. The Kier molecular flexibility index (Phi) is 6.46. The number of aromatic nitrogens is 4. The van der Waals surface area contributed by atoms with Crippen LogP contribution in [0.2, 0.25) is 0 Å². The highest BCUT2D eigenvalue weighted by Gasteiger charge is 2.23. The van der Waals surface area contributed by atoms with Crippen molar-refractivity contribution in [3.05, 3.63) is 46.3 Å². The van der Waals surface area contributed by atoms with Crippen LogP contribution in [-0.2, 0) is 10.5 Å². The molecule has 172 valence electrons. The number of morpholine rings is 1. The molecular weight excluding hydrogens is 444 g/mol. The molecule has 0 atom stereocenters. The monoisotopic (exact) mass is 468 g/mol. The summed E-state index contributed by atoms with van der Waals surface area (Å²) in [5.41, 5.74) is 2.52. The van der Waals surface area contributed by atoms with Crippen LogP contribution < -0.4 is 15.1 Å². The summed E-state index contributed by atoms with van der Waals surface area (Å²) in [6.07, 6.45) is 1.55. The van der Waals surface area contributed by atoms with Crippen LogP contribution in [0.25, 0.3) is 11.0 Å². The molecule has 11 nitrogen and oxygen atoms in total. The van der Waals surface area contributed by atoms with Crippen LogP contribution in [0, 0.1) is 10.1 Å². The molecule has 5 rings (SSSR count). The lowest BCUT2D eigenvalue weighted by atomic mass is 10.2. The van der Waals surface area contributed by atoms with Gasteiger partial charge in [0.2, 0.25) is 5.95 Å². The van der Waals surface area contributed by atoms with E-state index in [1.54, 1.807) is 30.2 Å². The summed E-state index contributed by atoms with van der Waals surface area (Å²) < 4.78 is 5.53. The quantitative estimate of drug-likeness (QED) is 0.247. The van der Waals surface area contributed by atoms with Crippen molar-refractivity contribution in [2.45, 2.75) is 10.8 Å². The summed E-state index contributed by atoms with van der Waals surface area (Å²) in [5, 5.41) is 15.0. The Labute approximate surface area is 194 Å². The van der Waals surface area contributed by atoms with Gasteiger partial charge in [-0.15, -0.1) is 0 Å². The number of nitrogens with zero attached hydrogens (tertiary/aromatic N) is 7. The Morgan fingerprint density at radius 3 is 2.48 bits per heavy atom. The zero-order chi connectivity index (χ0) is 22.6. The Balaban J connectivity index is 1.49. The van der Waals surface area contributed by atoms with E-state index in [9.17, 15) is 10.1 Å². The molecule has 4 heterocycles. The molecule has 2 aliphatic rings. The molecule has 1 N–H and O–H groups in total. The average Bonchev–Trinajstić information content (AvgIpc) is 2.88. The summed E-state index contributed by atoms with van der Waals surface area (Å²) >= 11 is 1.54. The average molecular weight is 469 g/mol. The van der Waals surface area contributed by atoms with Crippen LogP contribution in [0.5, 0.6) is 0 Å². The Morgan fingerprint density at radius 2 is 1.76 bits per heavy atom. The second kappa shape index (κ2) is 9.81. The van der Waals surface area contributed by atoms with Crippen molar-refractivity contribution in [2.24, 2.45) is 0 Å². The van der Waals surface area contributed by atoms with E-state index in [0.717, 1.165) is 66.7 Å². The van der Waals surface area contributed by atoms with Gasteiger partial charge < -0.3 is 19.9 Å². The third-order valence-corrected chi connectivity index (χ3v) is 6.70. The molecule has 0 amide bonds. The summed E-state index contributed by atoms with van der Waals surface area (Å²) in [7, 11) is 0. The van der Waals surface area contributed by atoms with Crippen molar-refractivity contribution in [2.75, 3.05) is 62.3 Å². The van der Waals surface area contributed by atoms with Crippen LogP contribution in [0.1, 0.15) is 5.56 Å². The molecule has 2 saturated heterocycles. The summed E-state index contributed by atoms with van der Waals surface area (Å²) in [4.78, 5) is 33.8. The summed E-state index contributed by atoms with van der Waals surface area (Å²) in [6.45, 7) is 6.27. The number of hydrogen-bond acceptors (Lipinski definition) is 11. The molecule has 3 aromatic rings. The van der Waals surface area contributed by atoms with E-state index in [1.807, 2.05) is 0 Å². The molecule has 2 aromatic heterocycles. The first-order valence-electron chi connectivity index (χ1n) is 10.9. The van der Waals surface area contributed by atoms with Crippen LogP contribution in [0.4, 0.5) is 17.5 Å². The Bertz CT molecular complexity index is 1130. The molecule has 33 heavy (non-hydrogen) atoms. The minimum absolute atomic E-state index is 0.0831. The molecule has 0 unspecified atom stereocenters. The third-order valence-electron chi connectivity index (χ3n) is 5.65. The van der Waals surface area contributed by atoms with E-state index in [2.05, 4.69) is 25.1 Å². The van der Waals surface area contributed by atoms with Gasteiger partial charge in [0.25, 0.3) is 5.69 Å². The molecule has 2 fully saturated rings. The number of non-ortho nitro benzene ring substituents is 1. The Hall–Kier alpha value is -3.09. The molecule has 0 spiro atoms. The number of nitro groups is 1. The second-order valence-corrected chi connectivity index (χ2v) is 8.74. The maximum atomic E-state index is 10.9. The van der Waals surface area contributed by atoms with E-state index in [0.29, 0.717) is 24.9 Å². The first-order chi connectivity index (χ1) is 16.2. The van der Waals surface area contributed by atoms with Gasteiger partial charge in [0, 0.05) is 57.2 Å². The number of nitro benzene ring substituents is 1. The van der Waals surface area contributed by atoms with Gasteiger partial charge in [0.15, 0.2) is 5.82 Å². The number of piperazine rings is 1. The van der Waals surface area contributed by atoms with Gasteiger partial charge in [-0.2, -0.15) is 4.98 Å². The van der Waals surface area contributed by atoms with Gasteiger partial charge in [0.05, 0.1) is 18.1 Å². The fourth-order valence-corrected chi connectivity index (χ4v) is 4.77. The zero-order valence-corrected chi connectivity index (χ0v) is 18.8. The van der Waals surface area contributed by atoms with Gasteiger partial charge in [-0.1, -0.05) is 23.9 Å². The predicted molar refractivity (Wildman–Crippen MR) is 126 cm³/mol. The minimum Gasteiger partial charge on any atom is -0.378 e. The van der Waals surface area contributed by atoms with E-state index in [1.165, 1.54) is 12.1 Å². The maximum absolute atomic E-state index is 10.9. The van der Waals surface area contributed by atoms with E-state index >= 15 is 0 Å². The van der Waals surface area contributed by atoms with Gasteiger partial charge >= 0.3 is 0 Å². The third kappa shape index (κ3) is 4.82. The largest absolute Gasteiger partial charge is 0.378 e. The molecule has 1 aromatic carbocycles. The lowest BCUT2D eigenvalue weighted by Crippen LogP contribution is -2.44. The van der Waals surface area contributed by atoms with Crippen molar-refractivity contribution in [1.29, 1.82) is 0 Å². The number of thioether (sulfide) groups is 1. The SMILES string of the molecule is O=[N+]([O-])c1ccc(CSc2ncnc3c(N4CCOCC4)nc(N4CCNCC4)nc23)cc1. The molecular formula is C21H24N8O3S. The summed E-state index contributed by atoms with van der Waals surface area (Å²) in [6, 6.07) is 6.59. The van der Waals surface area contributed by atoms with Gasteiger partial charge in [-0.25, -0.2) is 15.0 Å². The van der Waals surface area contributed by atoms with Crippen molar-refractivity contribution < 1.29 is 9.66 Å². The van der Waals surface area contributed by atoms with Crippen LogP contribution >= 0.6 is 11.8 Å². The highest BCUT2D eigenvalue weighted by atomic mass is 32.2. The fraction of sp³-hybridized carbons (Fsp3) is 0.429. The molecule has 0 radical (unpaired) electrons. The number of anilines is 2. The van der Waals surface area contributed by atoms with E-state index in [4.69, 9.17) is 14.7 Å². The molecule has 0 saturated carbocycles. The highest BCUT2D eigenvalue weighted by molar-refractivity contribution is 7.98. The van der Waals surface area contributed by atoms with E-state index in [-0.39, 0.29) is 5.69 Å². The summed E-state index contributed by atoms with van der Waals surface area (Å²) in [5.74, 6) is 2.12. The fourth-order valence-electron chi connectivity index (χ4n) is 3.87. The van der Waals surface area contributed by atoms with Crippen LogP contribution in [0.15, 0.2) is 35.6 Å². The van der Waals surface area contributed by atoms with Crippen LogP contribution in [-0.4, -0.2) is 77.3 Å². The topological polar surface area (TPSA) is 122 Å².